The van der Waals surface area contributed by atoms with Gasteiger partial charge in [-0.1, -0.05) is 24.3 Å². The summed E-state index contributed by atoms with van der Waals surface area (Å²) in [7, 11) is 0. The molecular formula is C20H21F3N2O2. The average Bonchev–Trinajstić information content (AvgIpc) is 2.61. The van der Waals surface area contributed by atoms with E-state index in [4.69, 9.17) is 0 Å². The van der Waals surface area contributed by atoms with Crippen molar-refractivity contribution >= 4 is 5.91 Å². The lowest BCUT2D eigenvalue weighted by Crippen LogP contribution is -2.48. The molecule has 0 spiro atoms. The van der Waals surface area contributed by atoms with Crippen molar-refractivity contribution in [3.05, 3.63) is 64.7 Å². The summed E-state index contributed by atoms with van der Waals surface area (Å²) in [5.41, 5.74) is 1.09. The molecule has 1 aliphatic rings. The van der Waals surface area contributed by atoms with E-state index in [1.54, 1.807) is 29.2 Å². The average molecular weight is 378 g/mol. The van der Waals surface area contributed by atoms with Gasteiger partial charge in [0.2, 0.25) is 0 Å². The minimum atomic E-state index is -4.35. The summed E-state index contributed by atoms with van der Waals surface area (Å²) >= 11 is 0. The van der Waals surface area contributed by atoms with Crippen LogP contribution in [-0.2, 0) is 12.7 Å². The standard InChI is InChI=1S/C20H21F3N2O2/c1-14-5-6-17(18(26)11-14)19(27)25-9-7-24(8-10-25)13-15-3-2-4-16(12-15)20(21,22)23/h2-6,11-12,26H,7-10,13H2,1H3. The zero-order valence-corrected chi connectivity index (χ0v) is 15.0. The number of rotatable bonds is 3. The number of carbonyl (C=O) groups excluding carboxylic acids is 1. The lowest BCUT2D eigenvalue weighted by molar-refractivity contribution is -0.137. The van der Waals surface area contributed by atoms with Gasteiger partial charge in [-0.2, -0.15) is 13.2 Å². The fraction of sp³-hybridized carbons (Fsp3) is 0.350. The first-order chi connectivity index (χ1) is 12.7. The first-order valence-corrected chi connectivity index (χ1v) is 8.71. The molecule has 2 aromatic rings. The molecule has 27 heavy (non-hydrogen) atoms. The molecule has 1 amide bonds. The van der Waals surface area contributed by atoms with Crippen LogP contribution in [0, 0.1) is 6.92 Å². The van der Waals surface area contributed by atoms with E-state index in [9.17, 15) is 23.1 Å². The highest BCUT2D eigenvalue weighted by atomic mass is 19.4. The molecule has 1 aliphatic heterocycles. The Balaban J connectivity index is 1.60. The predicted molar refractivity (Wildman–Crippen MR) is 95.5 cm³/mol. The molecular weight excluding hydrogens is 357 g/mol. The van der Waals surface area contributed by atoms with Crippen molar-refractivity contribution in [3.63, 3.8) is 0 Å². The van der Waals surface area contributed by atoms with Crippen LogP contribution in [0.15, 0.2) is 42.5 Å². The molecule has 0 radical (unpaired) electrons. The number of aromatic hydroxyl groups is 1. The van der Waals surface area contributed by atoms with Crippen molar-refractivity contribution in [1.82, 2.24) is 9.80 Å². The van der Waals surface area contributed by atoms with E-state index in [2.05, 4.69) is 0 Å². The number of phenolic OH excluding ortho intramolecular Hbond substituents is 1. The molecule has 0 atom stereocenters. The van der Waals surface area contributed by atoms with Gasteiger partial charge in [-0.15, -0.1) is 0 Å². The number of hydrogen-bond donors (Lipinski definition) is 1. The van der Waals surface area contributed by atoms with Crippen molar-refractivity contribution in [3.8, 4) is 5.75 Å². The van der Waals surface area contributed by atoms with Crippen LogP contribution < -0.4 is 0 Å². The molecule has 2 aromatic carbocycles. The van der Waals surface area contributed by atoms with E-state index >= 15 is 0 Å². The van der Waals surface area contributed by atoms with Crippen LogP contribution >= 0.6 is 0 Å². The first-order valence-electron chi connectivity index (χ1n) is 8.71. The maximum atomic E-state index is 12.8. The summed E-state index contributed by atoms with van der Waals surface area (Å²) in [6.07, 6.45) is -4.35. The van der Waals surface area contributed by atoms with Crippen molar-refractivity contribution < 1.29 is 23.1 Å². The number of nitrogens with zero attached hydrogens (tertiary/aromatic N) is 2. The van der Waals surface area contributed by atoms with Gasteiger partial charge < -0.3 is 10.0 Å². The number of benzene rings is 2. The van der Waals surface area contributed by atoms with E-state index in [-0.39, 0.29) is 17.2 Å². The molecule has 0 saturated carbocycles. The number of halogens is 3. The second-order valence-corrected chi connectivity index (χ2v) is 6.79. The Labute approximate surface area is 155 Å². The van der Waals surface area contributed by atoms with Crippen LogP contribution in [0.25, 0.3) is 0 Å². The van der Waals surface area contributed by atoms with Crippen LogP contribution in [0.2, 0.25) is 0 Å². The number of amides is 1. The SMILES string of the molecule is Cc1ccc(C(=O)N2CCN(Cc3cccc(C(F)(F)F)c3)CC2)c(O)c1. The molecule has 1 saturated heterocycles. The largest absolute Gasteiger partial charge is 0.507 e. The Kier molecular flexibility index (Phi) is 5.41. The summed E-state index contributed by atoms with van der Waals surface area (Å²) in [4.78, 5) is 16.3. The third kappa shape index (κ3) is 4.60. The summed E-state index contributed by atoms with van der Waals surface area (Å²) in [5, 5.41) is 9.98. The lowest BCUT2D eigenvalue weighted by Gasteiger charge is -2.35. The van der Waals surface area contributed by atoms with Gasteiger partial charge in [0.25, 0.3) is 5.91 Å². The van der Waals surface area contributed by atoms with Gasteiger partial charge in [0, 0.05) is 32.7 Å². The quantitative estimate of drug-likeness (QED) is 0.886. The normalized spacial score (nSPS) is 15.8. The van der Waals surface area contributed by atoms with Crippen molar-refractivity contribution in [2.75, 3.05) is 26.2 Å². The van der Waals surface area contributed by atoms with Crippen molar-refractivity contribution in [2.24, 2.45) is 0 Å². The molecule has 1 heterocycles. The Hall–Kier alpha value is -2.54. The molecule has 0 unspecified atom stereocenters. The van der Waals surface area contributed by atoms with Crippen LogP contribution in [0.5, 0.6) is 5.75 Å². The monoisotopic (exact) mass is 378 g/mol. The fourth-order valence-corrected chi connectivity index (χ4v) is 3.21. The third-order valence-corrected chi connectivity index (χ3v) is 4.70. The summed E-state index contributed by atoms with van der Waals surface area (Å²) in [5.74, 6) is -0.266. The first kappa shape index (κ1) is 19.2. The summed E-state index contributed by atoms with van der Waals surface area (Å²) in [6.45, 7) is 4.29. The number of carbonyl (C=O) groups is 1. The molecule has 7 heteroatoms. The van der Waals surface area contributed by atoms with Gasteiger partial charge in [-0.25, -0.2) is 0 Å². The van der Waals surface area contributed by atoms with Crippen molar-refractivity contribution in [1.29, 1.82) is 0 Å². The molecule has 1 N–H and O–H groups in total. The second kappa shape index (κ2) is 7.60. The maximum absolute atomic E-state index is 12.8. The van der Waals surface area contributed by atoms with Gasteiger partial charge in [0.1, 0.15) is 5.75 Å². The minimum Gasteiger partial charge on any atom is -0.507 e. The Morgan fingerprint density at radius 3 is 2.41 bits per heavy atom. The van der Waals surface area contributed by atoms with Gasteiger partial charge in [0.05, 0.1) is 11.1 Å². The van der Waals surface area contributed by atoms with Gasteiger partial charge in [0.15, 0.2) is 0 Å². The molecule has 0 bridgehead atoms. The summed E-state index contributed by atoms with van der Waals surface area (Å²) < 4.78 is 38.5. The van der Waals surface area contributed by atoms with Gasteiger partial charge in [-0.3, -0.25) is 9.69 Å². The van der Waals surface area contributed by atoms with E-state index in [1.165, 1.54) is 12.1 Å². The Morgan fingerprint density at radius 1 is 1.07 bits per heavy atom. The molecule has 144 valence electrons. The number of alkyl halides is 3. The van der Waals surface area contributed by atoms with Gasteiger partial charge in [-0.05, 0) is 36.2 Å². The molecule has 0 aromatic heterocycles. The van der Waals surface area contributed by atoms with Crippen molar-refractivity contribution in [2.45, 2.75) is 19.6 Å². The third-order valence-electron chi connectivity index (χ3n) is 4.70. The molecule has 0 aliphatic carbocycles. The number of hydrogen-bond acceptors (Lipinski definition) is 3. The van der Waals surface area contributed by atoms with Crippen LogP contribution in [-0.4, -0.2) is 47.0 Å². The zero-order valence-electron chi connectivity index (χ0n) is 15.0. The van der Waals surface area contributed by atoms with E-state index in [1.807, 2.05) is 11.8 Å². The highest BCUT2D eigenvalue weighted by molar-refractivity contribution is 5.97. The second-order valence-electron chi connectivity index (χ2n) is 6.79. The minimum absolute atomic E-state index is 0.0357. The van der Waals surface area contributed by atoms with E-state index < -0.39 is 11.7 Å². The number of aryl methyl sites for hydroxylation is 1. The maximum Gasteiger partial charge on any atom is 0.416 e. The summed E-state index contributed by atoms with van der Waals surface area (Å²) in [6, 6.07) is 10.3. The molecule has 3 rings (SSSR count). The zero-order chi connectivity index (χ0) is 19.6. The Morgan fingerprint density at radius 2 is 1.78 bits per heavy atom. The Bertz CT molecular complexity index is 828. The molecule has 4 nitrogen and oxygen atoms in total. The van der Waals surface area contributed by atoms with Gasteiger partial charge >= 0.3 is 6.18 Å². The van der Waals surface area contributed by atoms with Crippen LogP contribution in [0.1, 0.15) is 27.0 Å². The lowest BCUT2D eigenvalue weighted by atomic mass is 10.1. The topological polar surface area (TPSA) is 43.8 Å². The highest BCUT2D eigenvalue weighted by Crippen LogP contribution is 2.30. The smallest absolute Gasteiger partial charge is 0.416 e. The fourth-order valence-electron chi connectivity index (χ4n) is 3.21. The van der Waals surface area contributed by atoms with Crippen LogP contribution in [0.3, 0.4) is 0 Å². The number of piperazine rings is 1. The predicted octanol–water partition coefficient (Wildman–Crippen LogP) is 3.68. The van der Waals surface area contributed by atoms with Crippen LogP contribution in [0.4, 0.5) is 13.2 Å². The van der Waals surface area contributed by atoms with E-state index in [0.29, 0.717) is 38.3 Å². The highest BCUT2D eigenvalue weighted by Gasteiger charge is 2.30. The molecule has 1 fully saturated rings. The number of phenols is 1. The van der Waals surface area contributed by atoms with E-state index in [0.717, 1.165) is 11.6 Å².